The fraction of sp³-hybridized carbons (Fsp3) is 0.412. The highest BCUT2D eigenvalue weighted by atomic mass is 32.2. The van der Waals surface area contributed by atoms with Gasteiger partial charge in [-0.1, -0.05) is 18.7 Å². The van der Waals surface area contributed by atoms with E-state index in [1.807, 2.05) is 6.92 Å². The molecule has 0 bridgehead atoms. The number of pyridine rings is 1. The number of fused-ring (bicyclic) bond motifs is 1. The maximum Gasteiger partial charge on any atom is 0.435 e. The number of thioether (sulfide) groups is 2. The minimum absolute atomic E-state index is 0.132. The molecule has 4 heterocycles. The Kier molecular flexibility index (Phi) is 5.48. The van der Waals surface area contributed by atoms with Crippen molar-refractivity contribution in [3.8, 4) is 0 Å². The zero-order valence-electron chi connectivity index (χ0n) is 15.9. The molecule has 0 saturated heterocycles. The molecule has 0 aromatic carbocycles. The average molecular weight is 480 g/mol. The number of aromatic nitrogens is 5. The fourth-order valence-corrected chi connectivity index (χ4v) is 5.45. The zero-order valence-corrected chi connectivity index (χ0v) is 17.6. The van der Waals surface area contributed by atoms with Gasteiger partial charge in [-0.25, -0.2) is 19.6 Å². The van der Waals surface area contributed by atoms with Gasteiger partial charge in [0.2, 0.25) is 0 Å². The van der Waals surface area contributed by atoms with Crippen LogP contribution in [0.3, 0.4) is 0 Å². The van der Waals surface area contributed by atoms with Crippen LogP contribution in [0, 0.1) is 0 Å². The van der Waals surface area contributed by atoms with Gasteiger partial charge in [0.05, 0.1) is 17.2 Å². The summed E-state index contributed by atoms with van der Waals surface area (Å²) in [6, 6.07) is 1.74. The van der Waals surface area contributed by atoms with Crippen molar-refractivity contribution in [1.29, 1.82) is 0 Å². The summed E-state index contributed by atoms with van der Waals surface area (Å²) in [7, 11) is 1.65. The van der Waals surface area contributed by atoms with E-state index < -0.39 is 34.4 Å². The van der Waals surface area contributed by atoms with Gasteiger partial charge >= 0.3 is 12.4 Å². The summed E-state index contributed by atoms with van der Waals surface area (Å²) in [5.74, 6) is 1.13. The third-order valence-corrected chi connectivity index (χ3v) is 6.94. The van der Waals surface area contributed by atoms with Crippen LogP contribution >= 0.6 is 23.5 Å². The molecule has 0 saturated carbocycles. The highest BCUT2D eigenvalue weighted by Crippen LogP contribution is 2.45. The Morgan fingerprint density at radius 1 is 1.13 bits per heavy atom. The van der Waals surface area contributed by atoms with Crippen LogP contribution in [0.5, 0.6) is 0 Å². The van der Waals surface area contributed by atoms with Crippen molar-refractivity contribution in [2.75, 3.05) is 5.75 Å². The van der Waals surface area contributed by atoms with Gasteiger partial charge in [0.1, 0.15) is 22.1 Å². The molecule has 3 aromatic rings. The summed E-state index contributed by atoms with van der Waals surface area (Å²) in [6.45, 7) is 1.91. The SMILES string of the molecule is CCSC1N=C(n2ccc(C(F)(F)F)n2)SC1c1nc2cc(C(F)(F)F)ncc2n1C. The molecular formula is C17H14F6N6S2. The van der Waals surface area contributed by atoms with E-state index in [2.05, 4.69) is 20.1 Å². The fourth-order valence-electron chi connectivity index (χ4n) is 3.07. The van der Waals surface area contributed by atoms with Crippen molar-refractivity contribution in [2.45, 2.75) is 29.9 Å². The molecule has 6 nitrogen and oxygen atoms in total. The predicted octanol–water partition coefficient (Wildman–Crippen LogP) is 4.97. The molecule has 0 fully saturated rings. The van der Waals surface area contributed by atoms with E-state index >= 15 is 0 Å². The lowest BCUT2D eigenvalue weighted by molar-refractivity contribution is -0.142. The quantitative estimate of drug-likeness (QED) is 0.496. The Hall–Kier alpha value is -2.22. The molecule has 0 N–H and O–H groups in total. The van der Waals surface area contributed by atoms with Crippen molar-refractivity contribution in [1.82, 2.24) is 24.3 Å². The summed E-state index contributed by atoms with van der Waals surface area (Å²) in [4.78, 5) is 12.4. The van der Waals surface area contributed by atoms with Gasteiger partial charge < -0.3 is 4.57 Å². The molecule has 3 aromatic heterocycles. The Morgan fingerprint density at radius 2 is 1.84 bits per heavy atom. The van der Waals surface area contributed by atoms with Crippen LogP contribution in [-0.2, 0) is 19.4 Å². The zero-order chi connectivity index (χ0) is 22.6. The molecule has 2 atom stereocenters. The minimum Gasteiger partial charge on any atom is -0.329 e. The van der Waals surface area contributed by atoms with Crippen LogP contribution in [-0.4, -0.2) is 40.6 Å². The van der Waals surface area contributed by atoms with E-state index in [1.165, 1.54) is 18.0 Å². The highest BCUT2D eigenvalue weighted by molar-refractivity contribution is 8.15. The van der Waals surface area contributed by atoms with Crippen molar-refractivity contribution >= 4 is 39.7 Å². The smallest absolute Gasteiger partial charge is 0.329 e. The standard InChI is InChI=1S/C17H14F6N6S2/c1-3-30-14-12(31-15(26-14)29-5-4-10(27-29)16(18,19)20)13-25-8-6-11(17(21,22)23)24-7-9(8)28(13)2/h4-7,12,14H,3H2,1-2H3. The maximum atomic E-state index is 13.0. The Bertz CT molecular complexity index is 1150. The number of hydrogen-bond donors (Lipinski definition) is 0. The third-order valence-electron chi connectivity index (χ3n) is 4.49. The molecule has 4 rings (SSSR count). The van der Waals surface area contributed by atoms with Gasteiger partial charge in [-0.05, 0) is 17.9 Å². The normalized spacial score (nSPS) is 19.9. The van der Waals surface area contributed by atoms with Gasteiger partial charge in [-0.2, -0.15) is 31.4 Å². The van der Waals surface area contributed by atoms with E-state index in [0.29, 0.717) is 17.1 Å². The molecule has 0 aliphatic carbocycles. The second-order valence-corrected chi connectivity index (χ2v) is 9.03. The molecule has 31 heavy (non-hydrogen) atoms. The van der Waals surface area contributed by atoms with Crippen molar-refractivity contribution < 1.29 is 26.3 Å². The molecule has 0 radical (unpaired) electrons. The van der Waals surface area contributed by atoms with E-state index in [-0.39, 0.29) is 10.7 Å². The molecule has 1 aliphatic rings. The number of alkyl halides is 6. The first kappa shape index (κ1) is 22.0. The van der Waals surface area contributed by atoms with Gasteiger partial charge in [0.25, 0.3) is 0 Å². The van der Waals surface area contributed by atoms with Crippen molar-refractivity contribution in [3.63, 3.8) is 0 Å². The van der Waals surface area contributed by atoms with Crippen LogP contribution < -0.4 is 0 Å². The number of rotatable bonds is 3. The van der Waals surface area contributed by atoms with Crippen molar-refractivity contribution in [3.05, 3.63) is 41.7 Å². The number of aliphatic imine (C=N–C) groups is 1. The lowest BCUT2D eigenvalue weighted by atomic mass is 10.3. The van der Waals surface area contributed by atoms with Gasteiger partial charge in [-0.15, -0.1) is 11.8 Å². The van der Waals surface area contributed by atoms with Crippen LogP contribution in [0.15, 0.2) is 29.5 Å². The lowest BCUT2D eigenvalue weighted by Crippen LogP contribution is -2.12. The Morgan fingerprint density at radius 3 is 2.45 bits per heavy atom. The summed E-state index contributed by atoms with van der Waals surface area (Å²) in [5.41, 5.74) is -1.54. The predicted molar refractivity (Wildman–Crippen MR) is 106 cm³/mol. The molecular weight excluding hydrogens is 466 g/mol. The van der Waals surface area contributed by atoms with Crippen LogP contribution in [0.2, 0.25) is 0 Å². The number of halogens is 6. The number of hydrogen-bond acceptors (Lipinski definition) is 6. The summed E-state index contributed by atoms with van der Waals surface area (Å²) >= 11 is 2.62. The van der Waals surface area contributed by atoms with Gasteiger partial charge in [-0.3, -0.25) is 0 Å². The number of imidazole rings is 1. The second-order valence-electron chi connectivity index (χ2n) is 6.52. The number of nitrogens with zero attached hydrogens (tertiary/aromatic N) is 6. The molecule has 166 valence electrons. The topological polar surface area (TPSA) is 60.9 Å². The van der Waals surface area contributed by atoms with Gasteiger partial charge in [0.15, 0.2) is 10.9 Å². The van der Waals surface area contributed by atoms with Crippen LogP contribution in [0.25, 0.3) is 11.0 Å². The highest BCUT2D eigenvalue weighted by Gasteiger charge is 2.39. The Balaban J connectivity index is 1.70. The molecule has 14 heteroatoms. The first-order valence-corrected chi connectivity index (χ1v) is 10.8. The molecule has 0 spiro atoms. The largest absolute Gasteiger partial charge is 0.435 e. The number of aryl methyl sites for hydroxylation is 1. The van der Waals surface area contributed by atoms with E-state index in [4.69, 9.17) is 0 Å². The summed E-state index contributed by atoms with van der Waals surface area (Å²) < 4.78 is 80.4. The average Bonchev–Trinajstić information content (AvgIpc) is 3.38. The third kappa shape index (κ3) is 4.14. The minimum atomic E-state index is -4.60. The van der Waals surface area contributed by atoms with Gasteiger partial charge in [0, 0.05) is 13.2 Å². The van der Waals surface area contributed by atoms with Crippen LogP contribution in [0.4, 0.5) is 26.3 Å². The molecule has 2 unspecified atom stereocenters. The van der Waals surface area contributed by atoms with Crippen LogP contribution in [0.1, 0.15) is 29.4 Å². The second kappa shape index (κ2) is 7.73. The summed E-state index contributed by atoms with van der Waals surface area (Å²) in [5, 5.41) is 3.00. The maximum absolute atomic E-state index is 13.0. The van der Waals surface area contributed by atoms with E-state index in [0.717, 1.165) is 34.8 Å². The first-order valence-electron chi connectivity index (χ1n) is 8.88. The van der Waals surface area contributed by atoms with Crippen molar-refractivity contribution in [2.24, 2.45) is 12.0 Å². The first-order chi connectivity index (χ1) is 14.5. The lowest BCUT2D eigenvalue weighted by Gasteiger charge is -2.15. The summed E-state index contributed by atoms with van der Waals surface area (Å²) in [6.07, 6.45) is -6.88. The molecule has 0 amide bonds. The van der Waals surface area contributed by atoms with E-state index in [9.17, 15) is 26.3 Å². The van der Waals surface area contributed by atoms with E-state index in [1.54, 1.807) is 11.6 Å². The Labute approximate surface area is 180 Å². The molecule has 1 aliphatic heterocycles. The monoisotopic (exact) mass is 480 g/mol.